The van der Waals surface area contributed by atoms with Gasteiger partial charge in [-0.05, 0) is 35.7 Å². The zero-order valence-corrected chi connectivity index (χ0v) is 12.4. The predicted octanol–water partition coefficient (Wildman–Crippen LogP) is 3.62. The summed E-state index contributed by atoms with van der Waals surface area (Å²) in [5.41, 5.74) is 3.37. The number of hydrogen-bond acceptors (Lipinski definition) is 1. The zero-order valence-electron chi connectivity index (χ0n) is 10.8. The Bertz CT molecular complexity index is 580. The molecule has 2 aromatic rings. The highest BCUT2D eigenvalue weighted by Gasteiger charge is 2.04. The van der Waals surface area contributed by atoms with Gasteiger partial charge in [0.15, 0.2) is 0 Å². The zero-order chi connectivity index (χ0) is 13.7. The molecule has 0 aliphatic heterocycles. The third kappa shape index (κ3) is 4.21. The predicted molar refractivity (Wildman–Crippen MR) is 80.9 cm³/mol. The first-order valence-electron chi connectivity index (χ1n) is 6.21. The molecule has 98 valence electrons. The van der Waals surface area contributed by atoms with Gasteiger partial charge in [-0.1, -0.05) is 52.3 Å². The molecule has 0 aliphatic carbocycles. The van der Waals surface area contributed by atoms with Gasteiger partial charge < -0.3 is 5.32 Å². The molecule has 2 rings (SSSR count). The summed E-state index contributed by atoms with van der Waals surface area (Å²) in [6.07, 6.45) is 0.408. The Morgan fingerprint density at radius 3 is 2.68 bits per heavy atom. The lowest BCUT2D eigenvalue weighted by atomic mass is 10.1. The highest BCUT2D eigenvalue weighted by atomic mass is 79.9. The minimum absolute atomic E-state index is 0.0429. The number of halogens is 1. The van der Waals surface area contributed by atoms with Gasteiger partial charge in [0.05, 0.1) is 6.42 Å². The van der Waals surface area contributed by atoms with Gasteiger partial charge in [-0.3, -0.25) is 4.79 Å². The van der Waals surface area contributed by atoms with Gasteiger partial charge in [-0.15, -0.1) is 0 Å². The second-order valence-electron chi connectivity index (χ2n) is 4.51. The molecular weight excluding hydrogens is 302 g/mol. The highest BCUT2D eigenvalue weighted by Crippen LogP contribution is 2.12. The maximum Gasteiger partial charge on any atom is 0.224 e. The maximum atomic E-state index is 11.9. The van der Waals surface area contributed by atoms with Crippen LogP contribution < -0.4 is 5.32 Å². The molecule has 0 bridgehead atoms. The molecule has 3 heteroatoms. The van der Waals surface area contributed by atoms with Crippen molar-refractivity contribution in [2.24, 2.45) is 0 Å². The van der Waals surface area contributed by atoms with E-state index in [1.165, 1.54) is 5.56 Å². The average Bonchev–Trinajstić information content (AvgIpc) is 2.38. The molecule has 2 nitrogen and oxygen atoms in total. The Hall–Kier alpha value is -1.61. The van der Waals surface area contributed by atoms with Crippen LogP contribution in [0.2, 0.25) is 0 Å². The summed E-state index contributed by atoms with van der Waals surface area (Å²) in [5, 5.41) is 2.95. The summed E-state index contributed by atoms with van der Waals surface area (Å²) in [6, 6.07) is 15.9. The molecule has 0 saturated carbocycles. The van der Waals surface area contributed by atoms with Crippen molar-refractivity contribution in [2.75, 3.05) is 0 Å². The molecule has 19 heavy (non-hydrogen) atoms. The molecular formula is C16H16BrNO. The molecule has 0 saturated heterocycles. The number of carbonyl (C=O) groups is 1. The molecule has 0 aliphatic rings. The van der Waals surface area contributed by atoms with E-state index in [9.17, 15) is 4.79 Å². The van der Waals surface area contributed by atoms with Gasteiger partial charge in [0.25, 0.3) is 0 Å². The van der Waals surface area contributed by atoms with Gasteiger partial charge in [0.1, 0.15) is 0 Å². The van der Waals surface area contributed by atoms with Crippen LogP contribution in [-0.4, -0.2) is 5.91 Å². The highest BCUT2D eigenvalue weighted by molar-refractivity contribution is 9.10. The Kier molecular flexibility index (Phi) is 4.74. The van der Waals surface area contributed by atoms with Crippen molar-refractivity contribution in [1.29, 1.82) is 0 Å². The van der Waals surface area contributed by atoms with E-state index in [1.54, 1.807) is 0 Å². The second-order valence-corrected chi connectivity index (χ2v) is 5.43. The summed E-state index contributed by atoms with van der Waals surface area (Å²) in [5.74, 6) is 0.0429. The Labute approximate surface area is 122 Å². The van der Waals surface area contributed by atoms with E-state index < -0.39 is 0 Å². The summed E-state index contributed by atoms with van der Waals surface area (Å²) in [7, 11) is 0. The maximum absolute atomic E-state index is 11.9. The average molecular weight is 318 g/mol. The molecule has 0 atom stereocenters. The Morgan fingerprint density at radius 1 is 1.16 bits per heavy atom. The van der Waals surface area contributed by atoms with Crippen LogP contribution in [0.15, 0.2) is 53.0 Å². The van der Waals surface area contributed by atoms with Crippen molar-refractivity contribution < 1.29 is 4.79 Å². The van der Waals surface area contributed by atoms with E-state index in [0.29, 0.717) is 13.0 Å². The molecule has 1 N–H and O–H groups in total. The third-order valence-electron chi connectivity index (χ3n) is 2.99. The van der Waals surface area contributed by atoms with Gasteiger partial charge >= 0.3 is 0 Å². The van der Waals surface area contributed by atoms with Crippen LogP contribution in [0.25, 0.3) is 0 Å². The fraction of sp³-hybridized carbons (Fsp3) is 0.188. The Balaban J connectivity index is 1.90. The van der Waals surface area contributed by atoms with E-state index >= 15 is 0 Å². The van der Waals surface area contributed by atoms with Crippen LogP contribution in [0.5, 0.6) is 0 Å². The standard InChI is InChI=1S/C16H16BrNO/c1-12-5-2-3-7-14(12)11-18-16(19)10-13-6-4-8-15(17)9-13/h2-9H,10-11H2,1H3,(H,18,19). The minimum atomic E-state index is 0.0429. The number of nitrogens with one attached hydrogen (secondary N) is 1. The van der Waals surface area contributed by atoms with Gasteiger partial charge in [-0.2, -0.15) is 0 Å². The lowest BCUT2D eigenvalue weighted by Gasteiger charge is -2.08. The van der Waals surface area contributed by atoms with Crippen LogP contribution in [0.1, 0.15) is 16.7 Å². The first-order valence-corrected chi connectivity index (χ1v) is 7.00. The van der Waals surface area contributed by atoms with Crippen LogP contribution in [0.3, 0.4) is 0 Å². The molecule has 1 amide bonds. The van der Waals surface area contributed by atoms with Crippen LogP contribution in [-0.2, 0) is 17.8 Å². The molecule has 0 spiro atoms. The van der Waals surface area contributed by atoms with Crippen molar-refractivity contribution in [3.63, 3.8) is 0 Å². The topological polar surface area (TPSA) is 29.1 Å². The lowest BCUT2D eigenvalue weighted by Crippen LogP contribution is -2.24. The first kappa shape index (κ1) is 13.8. The quantitative estimate of drug-likeness (QED) is 0.917. The Morgan fingerprint density at radius 2 is 1.95 bits per heavy atom. The van der Waals surface area contributed by atoms with Crippen LogP contribution in [0.4, 0.5) is 0 Å². The second kappa shape index (κ2) is 6.53. The third-order valence-corrected chi connectivity index (χ3v) is 3.48. The summed E-state index contributed by atoms with van der Waals surface area (Å²) >= 11 is 3.41. The number of benzene rings is 2. The molecule has 0 unspecified atom stereocenters. The summed E-state index contributed by atoms with van der Waals surface area (Å²) < 4.78 is 0.997. The molecule has 0 heterocycles. The lowest BCUT2D eigenvalue weighted by molar-refractivity contribution is -0.120. The van der Waals surface area contributed by atoms with Crippen molar-refractivity contribution in [1.82, 2.24) is 5.32 Å². The van der Waals surface area contributed by atoms with Crippen molar-refractivity contribution >= 4 is 21.8 Å². The number of carbonyl (C=O) groups excluding carboxylic acids is 1. The molecule has 0 radical (unpaired) electrons. The van der Waals surface area contributed by atoms with Gasteiger partial charge in [0.2, 0.25) is 5.91 Å². The fourth-order valence-corrected chi connectivity index (χ4v) is 2.34. The number of amides is 1. The monoisotopic (exact) mass is 317 g/mol. The summed E-state index contributed by atoms with van der Waals surface area (Å²) in [4.78, 5) is 11.9. The summed E-state index contributed by atoms with van der Waals surface area (Å²) in [6.45, 7) is 2.63. The van der Waals surface area contributed by atoms with Crippen molar-refractivity contribution in [3.8, 4) is 0 Å². The SMILES string of the molecule is Cc1ccccc1CNC(=O)Cc1cccc(Br)c1. The van der Waals surface area contributed by atoms with Crippen molar-refractivity contribution in [2.45, 2.75) is 19.9 Å². The van der Waals surface area contributed by atoms with Crippen molar-refractivity contribution in [3.05, 3.63) is 69.7 Å². The minimum Gasteiger partial charge on any atom is -0.352 e. The fourth-order valence-electron chi connectivity index (χ4n) is 1.90. The number of hydrogen-bond donors (Lipinski definition) is 1. The first-order chi connectivity index (χ1) is 9.15. The van der Waals surface area contributed by atoms with E-state index in [0.717, 1.165) is 15.6 Å². The van der Waals surface area contributed by atoms with E-state index in [-0.39, 0.29) is 5.91 Å². The smallest absolute Gasteiger partial charge is 0.224 e. The van der Waals surface area contributed by atoms with Gasteiger partial charge in [0, 0.05) is 11.0 Å². The van der Waals surface area contributed by atoms with E-state index in [4.69, 9.17) is 0 Å². The van der Waals surface area contributed by atoms with E-state index in [1.807, 2.05) is 42.5 Å². The van der Waals surface area contributed by atoms with Crippen LogP contribution in [0, 0.1) is 6.92 Å². The molecule has 0 aromatic heterocycles. The van der Waals surface area contributed by atoms with Gasteiger partial charge in [-0.25, -0.2) is 0 Å². The largest absolute Gasteiger partial charge is 0.352 e. The molecule has 0 fully saturated rings. The molecule has 2 aromatic carbocycles. The normalized spacial score (nSPS) is 10.2. The number of aryl methyl sites for hydroxylation is 1. The van der Waals surface area contributed by atoms with E-state index in [2.05, 4.69) is 34.2 Å². The van der Waals surface area contributed by atoms with Crippen LogP contribution >= 0.6 is 15.9 Å². The number of rotatable bonds is 4.